The van der Waals surface area contributed by atoms with Crippen LogP contribution < -0.4 is 9.47 Å². The van der Waals surface area contributed by atoms with E-state index in [1.54, 1.807) is 10.3 Å². The Hall–Kier alpha value is -2.93. The van der Waals surface area contributed by atoms with Crippen LogP contribution in [0.3, 0.4) is 0 Å². The zero-order valence-corrected chi connectivity index (χ0v) is 14.8. The minimum Gasteiger partial charge on any atom is -0.486 e. The monoisotopic (exact) mass is 367 g/mol. The highest BCUT2D eigenvalue weighted by atomic mass is 32.1. The lowest BCUT2D eigenvalue weighted by Crippen LogP contribution is -2.30. The fourth-order valence-electron chi connectivity index (χ4n) is 2.83. The Morgan fingerprint density at radius 2 is 1.77 bits per heavy atom. The van der Waals surface area contributed by atoms with Crippen molar-refractivity contribution in [3.8, 4) is 11.5 Å². The third-order valence-electron chi connectivity index (χ3n) is 4.06. The molecule has 1 aromatic heterocycles. The van der Waals surface area contributed by atoms with Crippen LogP contribution in [0, 0.1) is 0 Å². The van der Waals surface area contributed by atoms with Gasteiger partial charge in [0.05, 0.1) is 0 Å². The largest absolute Gasteiger partial charge is 0.486 e. The van der Waals surface area contributed by atoms with Crippen LogP contribution in [0.4, 0.5) is 0 Å². The fourth-order valence-corrected chi connectivity index (χ4v) is 3.26. The van der Waals surface area contributed by atoms with Gasteiger partial charge in [0.2, 0.25) is 0 Å². The normalized spacial score (nSPS) is 12.6. The van der Waals surface area contributed by atoms with E-state index < -0.39 is 0 Å². The van der Waals surface area contributed by atoms with Crippen molar-refractivity contribution in [1.82, 2.24) is 14.5 Å². The van der Waals surface area contributed by atoms with Gasteiger partial charge in [-0.2, -0.15) is 0 Å². The van der Waals surface area contributed by atoms with E-state index in [2.05, 4.69) is 9.59 Å². The smallest absolute Gasteiger partial charge is 0.275 e. The molecule has 0 unspecified atom stereocenters. The van der Waals surface area contributed by atoms with Crippen LogP contribution in [-0.4, -0.2) is 33.6 Å². The summed E-state index contributed by atoms with van der Waals surface area (Å²) < 4.78 is 15.0. The number of nitrogens with zero attached hydrogens (tertiary/aromatic N) is 3. The lowest BCUT2D eigenvalue weighted by Gasteiger charge is -2.24. The third-order valence-corrected chi connectivity index (χ3v) is 4.57. The Kier molecular flexibility index (Phi) is 4.79. The molecule has 1 aliphatic heterocycles. The molecule has 1 amide bonds. The lowest BCUT2D eigenvalue weighted by molar-refractivity contribution is 0.0723. The van der Waals surface area contributed by atoms with Crippen LogP contribution in [0.15, 0.2) is 53.9 Å². The standard InChI is InChI=1S/C19H17N3O3S/c23-19(16-13-26-21-20-16)22(11-14-4-2-1-3-5-14)12-15-6-7-17-18(10-15)25-9-8-24-17/h1-7,10,13H,8-9,11-12H2. The first-order valence-corrected chi connectivity index (χ1v) is 9.12. The van der Waals surface area contributed by atoms with Gasteiger partial charge in [-0.05, 0) is 34.8 Å². The van der Waals surface area contributed by atoms with Crippen molar-refractivity contribution >= 4 is 17.4 Å². The van der Waals surface area contributed by atoms with Crippen LogP contribution >= 0.6 is 11.5 Å². The van der Waals surface area contributed by atoms with E-state index in [0.29, 0.717) is 32.0 Å². The number of fused-ring (bicyclic) bond motifs is 1. The molecule has 6 nitrogen and oxygen atoms in total. The predicted molar refractivity (Wildman–Crippen MR) is 97.4 cm³/mol. The summed E-state index contributed by atoms with van der Waals surface area (Å²) in [6.45, 7) is 2.03. The summed E-state index contributed by atoms with van der Waals surface area (Å²) in [5.74, 6) is 1.32. The van der Waals surface area contributed by atoms with Crippen molar-refractivity contribution in [1.29, 1.82) is 0 Å². The molecule has 132 valence electrons. The first-order chi connectivity index (χ1) is 12.8. The molecule has 0 aliphatic carbocycles. The lowest BCUT2D eigenvalue weighted by atomic mass is 10.1. The van der Waals surface area contributed by atoms with Gasteiger partial charge in [-0.3, -0.25) is 4.79 Å². The number of carbonyl (C=O) groups excluding carboxylic acids is 1. The molecule has 0 atom stereocenters. The van der Waals surface area contributed by atoms with Gasteiger partial charge < -0.3 is 14.4 Å². The van der Waals surface area contributed by atoms with Gasteiger partial charge in [-0.15, -0.1) is 5.10 Å². The first kappa shape index (κ1) is 16.5. The number of carbonyl (C=O) groups is 1. The summed E-state index contributed by atoms with van der Waals surface area (Å²) in [7, 11) is 0. The topological polar surface area (TPSA) is 64.6 Å². The average Bonchev–Trinajstić information content (AvgIpc) is 3.22. The molecule has 3 aromatic rings. The molecule has 1 aliphatic rings. The number of hydrogen-bond donors (Lipinski definition) is 0. The van der Waals surface area contributed by atoms with E-state index in [9.17, 15) is 4.79 Å². The molecule has 0 saturated heterocycles. The number of amides is 1. The maximum atomic E-state index is 12.9. The fraction of sp³-hybridized carbons (Fsp3) is 0.211. The number of benzene rings is 2. The Morgan fingerprint density at radius 3 is 2.54 bits per heavy atom. The molecule has 0 bridgehead atoms. The molecular formula is C19H17N3O3S. The highest BCUT2D eigenvalue weighted by Crippen LogP contribution is 2.31. The molecule has 0 fully saturated rings. The summed E-state index contributed by atoms with van der Waals surface area (Å²) in [6.07, 6.45) is 0. The number of hydrogen-bond acceptors (Lipinski definition) is 6. The summed E-state index contributed by atoms with van der Waals surface area (Å²) in [6, 6.07) is 15.7. The predicted octanol–water partition coefficient (Wildman–Crippen LogP) is 3.15. The van der Waals surface area contributed by atoms with Gasteiger partial charge in [0.1, 0.15) is 13.2 Å². The van der Waals surface area contributed by atoms with Crippen molar-refractivity contribution in [2.45, 2.75) is 13.1 Å². The zero-order chi connectivity index (χ0) is 17.8. The molecule has 0 N–H and O–H groups in total. The van der Waals surface area contributed by atoms with Crippen LogP contribution in [0.5, 0.6) is 11.5 Å². The van der Waals surface area contributed by atoms with Gasteiger partial charge in [0.25, 0.3) is 5.91 Å². The molecule has 26 heavy (non-hydrogen) atoms. The first-order valence-electron chi connectivity index (χ1n) is 8.28. The van der Waals surface area contributed by atoms with E-state index in [-0.39, 0.29) is 5.91 Å². The molecular weight excluding hydrogens is 350 g/mol. The maximum Gasteiger partial charge on any atom is 0.275 e. The minimum atomic E-state index is -0.141. The molecule has 7 heteroatoms. The van der Waals surface area contributed by atoms with Crippen LogP contribution in [0.25, 0.3) is 0 Å². The second-order valence-electron chi connectivity index (χ2n) is 5.91. The Balaban J connectivity index is 1.59. The van der Waals surface area contributed by atoms with E-state index in [4.69, 9.17) is 9.47 Å². The van der Waals surface area contributed by atoms with E-state index in [1.165, 1.54) is 11.5 Å². The highest BCUT2D eigenvalue weighted by molar-refractivity contribution is 7.03. The molecule has 2 aromatic carbocycles. The van der Waals surface area contributed by atoms with Crippen LogP contribution in [-0.2, 0) is 13.1 Å². The Labute approximate surface area is 155 Å². The maximum absolute atomic E-state index is 12.9. The summed E-state index contributed by atoms with van der Waals surface area (Å²) in [4.78, 5) is 14.6. The summed E-state index contributed by atoms with van der Waals surface area (Å²) >= 11 is 1.17. The van der Waals surface area contributed by atoms with Crippen molar-refractivity contribution in [3.63, 3.8) is 0 Å². The van der Waals surface area contributed by atoms with Crippen molar-refractivity contribution < 1.29 is 14.3 Å². The van der Waals surface area contributed by atoms with Gasteiger partial charge in [0.15, 0.2) is 17.2 Å². The Bertz CT molecular complexity index is 884. The SMILES string of the molecule is O=C(c1csnn1)N(Cc1ccccc1)Cc1ccc2c(c1)OCCO2. The van der Waals surface area contributed by atoms with Crippen molar-refractivity contribution in [2.75, 3.05) is 13.2 Å². The van der Waals surface area contributed by atoms with E-state index >= 15 is 0 Å². The Morgan fingerprint density at radius 1 is 1.00 bits per heavy atom. The average molecular weight is 367 g/mol. The number of rotatable bonds is 5. The highest BCUT2D eigenvalue weighted by Gasteiger charge is 2.20. The minimum absolute atomic E-state index is 0.141. The number of ether oxygens (including phenoxy) is 2. The number of aromatic nitrogens is 2. The quantitative estimate of drug-likeness (QED) is 0.693. The summed E-state index contributed by atoms with van der Waals surface area (Å²) in [5, 5.41) is 5.59. The van der Waals surface area contributed by atoms with Gasteiger partial charge >= 0.3 is 0 Å². The summed E-state index contributed by atoms with van der Waals surface area (Å²) in [5.41, 5.74) is 2.40. The molecule has 0 spiro atoms. The third kappa shape index (κ3) is 3.67. The van der Waals surface area contributed by atoms with Crippen molar-refractivity contribution in [3.05, 3.63) is 70.7 Å². The molecule has 2 heterocycles. The second-order valence-corrected chi connectivity index (χ2v) is 6.52. The van der Waals surface area contributed by atoms with E-state index in [0.717, 1.165) is 22.6 Å². The molecule has 4 rings (SSSR count). The van der Waals surface area contributed by atoms with Crippen LogP contribution in [0.1, 0.15) is 21.6 Å². The van der Waals surface area contributed by atoms with Gasteiger partial charge in [-0.1, -0.05) is 40.9 Å². The van der Waals surface area contributed by atoms with Crippen molar-refractivity contribution in [2.24, 2.45) is 0 Å². The van der Waals surface area contributed by atoms with Gasteiger partial charge in [0, 0.05) is 18.5 Å². The van der Waals surface area contributed by atoms with E-state index in [1.807, 2.05) is 48.5 Å². The zero-order valence-electron chi connectivity index (χ0n) is 14.0. The molecule has 0 saturated carbocycles. The van der Waals surface area contributed by atoms with Gasteiger partial charge in [-0.25, -0.2) is 0 Å². The second kappa shape index (κ2) is 7.53. The molecule has 0 radical (unpaired) electrons. The van der Waals surface area contributed by atoms with Crippen LogP contribution in [0.2, 0.25) is 0 Å².